The minimum absolute atomic E-state index is 0.0747. The number of carbonyl (C=O) groups excluding carboxylic acids is 2. The molecule has 0 aromatic heterocycles. The lowest BCUT2D eigenvalue weighted by molar-refractivity contribution is -0.112. The Morgan fingerprint density at radius 3 is 2.23 bits per heavy atom. The number of carbonyl (C=O) groups is 3. The minimum atomic E-state index is -1.08. The molecule has 0 radical (unpaired) electrons. The smallest absolute Gasteiger partial charge is 0.343 e. The molecule has 0 aliphatic rings. The maximum Gasteiger partial charge on any atom is 0.343 e. The van der Waals surface area contributed by atoms with E-state index < -0.39 is 17.8 Å². The first-order chi connectivity index (χ1) is 16.8. The summed E-state index contributed by atoms with van der Waals surface area (Å²) in [5, 5.41) is 21.0. The van der Waals surface area contributed by atoms with Crippen LogP contribution in [0.3, 0.4) is 0 Å². The van der Waals surface area contributed by atoms with E-state index in [4.69, 9.17) is 14.6 Å². The fourth-order valence-electron chi connectivity index (χ4n) is 3.03. The molecule has 2 N–H and O–H groups in total. The Balaban J connectivity index is 1.80. The average Bonchev–Trinajstić information content (AvgIpc) is 2.84. The van der Waals surface area contributed by atoms with E-state index in [1.807, 2.05) is 25.1 Å². The molecule has 0 aliphatic carbocycles. The van der Waals surface area contributed by atoms with Gasteiger partial charge in [0.15, 0.2) is 11.5 Å². The zero-order valence-electron chi connectivity index (χ0n) is 19.1. The van der Waals surface area contributed by atoms with Gasteiger partial charge in [0.25, 0.3) is 5.91 Å². The predicted octanol–water partition coefficient (Wildman–Crippen LogP) is 4.86. The molecule has 0 atom stereocenters. The van der Waals surface area contributed by atoms with Crippen LogP contribution in [0.5, 0.6) is 11.5 Å². The number of aryl methyl sites for hydroxylation is 1. The van der Waals surface area contributed by atoms with Crippen molar-refractivity contribution in [3.63, 3.8) is 0 Å². The van der Waals surface area contributed by atoms with Crippen molar-refractivity contribution in [3.8, 4) is 17.6 Å². The third-order valence-electron chi connectivity index (χ3n) is 4.82. The largest absolute Gasteiger partial charge is 0.490 e. The molecular formula is C27H22N2O6. The van der Waals surface area contributed by atoms with E-state index in [2.05, 4.69) is 5.32 Å². The average molecular weight is 470 g/mol. The first-order valence-electron chi connectivity index (χ1n) is 10.6. The number of rotatable bonds is 8. The number of ether oxygens (including phenoxy) is 2. The number of hydrogen-bond acceptors (Lipinski definition) is 6. The summed E-state index contributed by atoms with van der Waals surface area (Å²) in [7, 11) is 0. The van der Waals surface area contributed by atoms with Crippen molar-refractivity contribution in [2.24, 2.45) is 0 Å². The number of anilines is 1. The summed E-state index contributed by atoms with van der Waals surface area (Å²) in [5.74, 6) is -1.80. The molecule has 3 aromatic carbocycles. The van der Waals surface area contributed by atoms with E-state index >= 15 is 0 Å². The van der Waals surface area contributed by atoms with Gasteiger partial charge in [0.1, 0.15) is 11.6 Å². The van der Waals surface area contributed by atoms with Crippen LogP contribution < -0.4 is 14.8 Å². The van der Waals surface area contributed by atoms with Gasteiger partial charge in [0.2, 0.25) is 0 Å². The highest BCUT2D eigenvalue weighted by Crippen LogP contribution is 2.30. The fraction of sp³-hybridized carbons (Fsp3) is 0.111. The second kappa shape index (κ2) is 11.3. The summed E-state index contributed by atoms with van der Waals surface area (Å²) in [5.41, 5.74) is 2.13. The molecule has 3 aromatic rings. The van der Waals surface area contributed by atoms with Crippen LogP contribution in [0.25, 0.3) is 6.08 Å². The molecule has 176 valence electrons. The molecule has 1 amide bonds. The van der Waals surface area contributed by atoms with Gasteiger partial charge in [-0.2, -0.15) is 5.26 Å². The number of aromatic carboxylic acids is 1. The first-order valence-corrected chi connectivity index (χ1v) is 10.6. The van der Waals surface area contributed by atoms with Crippen molar-refractivity contribution < 1.29 is 29.0 Å². The van der Waals surface area contributed by atoms with Gasteiger partial charge in [0.05, 0.1) is 17.7 Å². The lowest BCUT2D eigenvalue weighted by Crippen LogP contribution is -2.13. The van der Waals surface area contributed by atoms with Crippen LogP contribution in [0, 0.1) is 18.3 Å². The normalized spacial score (nSPS) is 10.7. The zero-order valence-corrected chi connectivity index (χ0v) is 19.1. The Labute approximate surface area is 202 Å². The Morgan fingerprint density at radius 1 is 0.971 bits per heavy atom. The second-order valence-electron chi connectivity index (χ2n) is 7.40. The topological polar surface area (TPSA) is 126 Å². The van der Waals surface area contributed by atoms with Gasteiger partial charge in [0, 0.05) is 5.69 Å². The predicted molar refractivity (Wildman–Crippen MR) is 129 cm³/mol. The van der Waals surface area contributed by atoms with Crippen molar-refractivity contribution in [1.82, 2.24) is 0 Å². The SMILES string of the molecule is CCOc1cc(/C=C(\C#N)C(=O)Nc2ccc(C(=O)O)cc2)ccc1OC(=O)c1ccc(C)cc1. The molecule has 8 heteroatoms. The summed E-state index contributed by atoms with van der Waals surface area (Å²) >= 11 is 0. The first kappa shape index (κ1) is 24.7. The fourth-order valence-corrected chi connectivity index (χ4v) is 3.03. The summed E-state index contributed by atoms with van der Waals surface area (Å²) in [6.07, 6.45) is 1.37. The maximum atomic E-state index is 12.6. The van der Waals surface area contributed by atoms with Crippen molar-refractivity contribution in [1.29, 1.82) is 5.26 Å². The van der Waals surface area contributed by atoms with E-state index in [1.54, 1.807) is 31.2 Å². The third-order valence-corrected chi connectivity index (χ3v) is 4.82. The molecule has 0 heterocycles. The van der Waals surface area contributed by atoms with Crippen LogP contribution >= 0.6 is 0 Å². The molecule has 0 spiro atoms. The van der Waals surface area contributed by atoms with Crippen LogP contribution in [0.1, 0.15) is 38.8 Å². The third kappa shape index (κ3) is 6.55. The molecule has 8 nitrogen and oxygen atoms in total. The Hall–Kier alpha value is -4.90. The quantitative estimate of drug-likeness (QED) is 0.208. The summed E-state index contributed by atoms with van der Waals surface area (Å²) in [6, 6.07) is 19.0. The second-order valence-corrected chi connectivity index (χ2v) is 7.40. The van der Waals surface area contributed by atoms with E-state index in [0.29, 0.717) is 23.4 Å². The van der Waals surface area contributed by atoms with Gasteiger partial charge in [-0.15, -0.1) is 0 Å². The number of esters is 1. The molecule has 0 unspecified atom stereocenters. The number of nitriles is 1. The van der Waals surface area contributed by atoms with E-state index in [-0.39, 0.29) is 22.6 Å². The summed E-state index contributed by atoms with van der Waals surface area (Å²) in [4.78, 5) is 36.0. The number of benzene rings is 3. The van der Waals surface area contributed by atoms with Crippen LogP contribution in [0.2, 0.25) is 0 Å². The molecule has 0 aliphatic heterocycles. The van der Waals surface area contributed by atoms with Gasteiger partial charge in [-0.25, -0.2) is 9.59 Å². The van der Waals surface area contributed by atoms with Crippen LogP contribution in [0.15, 0.2) is 72.3 Å². The monoisotopic (exact) mass is 470 g/mol. The number of carboxylic acids is 1. The molecule has 3 rings (SSSR count). The van der Waals surface area contributed by atoms with Gasteiger partial charge in [-0.05, 0) is 74.0 Å². The van der Waals surface area contributed by atoms with Crippen molar-refractivity contribution >= 4 is 29.6 Å². The highest BCUT2D eigenvalue weighted by molar-refractivity contribution is 6.09. The minimum Gasteiger partial charge on any atom is -0.490 e. The Kier molecular flexibility index (Phi) is 7.98. The maximum absolute atomic E-state index is 12.6. The van der Waals surface area contributed by atoms with Crippen LogP contribution in [-0.4, -0.2) is 29.6 Å². The number of carboxylic acid groups (broad SMARTS) is 1. The van der Waals surface area contributed by atoms with Gasteiger partial charge in [-0.3, -0.25) is 4.79 Å². The van der Waals surface area contributed by atoms with Crippen LogP contribution in [-0.2, 0) is 4.79 Å². The van der Waals surface area contributed by atoms with Crippen LogP contribution in [0.4, 0.5) is 5.69 Å². The molecule has 35 heavy (non-hydrogen) atoms. The highest BCUT2D eigenvalue weighted by atomic mass is 16.6. The van der Waals surface area contributed by atoms with Gasteiger partial charge in [-0.1, -0.05) is 23.8 Å². The lowest BCUT2D eigenvalue weighted by atomic mass is 10.1. The molecular weight excluding hydrogens is 448 g/mol. The Bertz CT molecular complexity index is 1320. The molecule has 0 saturated heterocycles. The number of amides is 1. The van der Waals surface area contributed by atoms with E-state index in [1.165, 1.54) is 36.4 Å². The molecule has 0 fully saturated rings. The highest BCUT2D eigenvalue weighted by Gasteiger charge is 2.15. The standard InChI is InChI=1S/C27H22N2O6/c1-3-34-24-15-18(6-13-23(24)35-27(33)20-7-4-17(2)5-8-20)14-21(16-28)25(30)29-22-11-9-19(10-12-22)26(31)32/h4-15H,3H2,1-2H3,(H,29,30)(H,31,32)/b21-14+. The van der Waals surface area contributed by atoms with E-state index in [9.17, 15) is 19.6 Å². The van der Waals surface area contributed by atoms with Gasteiger partial charge >= 0.3 is 11.9 Å². The zero-order chi connectivity index (χ0) is 25.4. The molecule has 0 saturated carbocycles. The number of nitrogens with one attached hydrogen (secondary N) is 1. The molecule has 0 bridgehead atoms. The number of hydrogen-bond donors (Lipinski definition) is 2. The van der Waals surface area contributed by atoms with Gasteiger partial charge < -0.3 is 19.9 Å². The summed E-state index contributed by atoms with van der Waals surface area (Å²) in [6.45, 7) is 4.00. The van der Waals surface area contributed by atoms with Crippen molar-refractivity contribution in [2.75, 3.05) is 11.9 Å². The summed E-state index contributed by atoms with van der Waals surface area (Å²) < 4.78 is 11.1. The van der Waals surface area contributed by atoms with Crippen molar-refractivity contribution in [3.05, 3.63) is 94.6 Å². The number of nitrogens with zero attached hydrogens (tertiary/aromatic N) is 1. The Morgan fingerprint density at radius 2 is 1.63 bits per heavy atom. The van der Waals surface area contributed by atoms with Crippen molar-refractivity contribution in [2.45, 2.75) is 13.8 Å². The van der Waals surface area contributed by atoms with E-state index in [0.717, 1.165) is 5.56 Å². The lowest BCUT2D eigenvalue weighted by Gasteiger charge is -2.12.